The van der Waals surface area contributed by atoms with E-state index in [1.54, 1.807) is 0 Å². The summed E-state index contributed by atoms with van der Waals surface area (Å²) in [5.74, 6) is -10.9. The number of anilines is 1. The molecule has 1 aromatic carbocycles. The Hall–Kier alpha value is -1.86. The molecule has 0 saturated heterocycles. The summed E-state index contributed by atoms with van der Waals surface area (Å²) in [6.45, 7) is -0.547. The molecule has 18 heavy (non-hydrogen) atoms. The lowest BCUT2D eigenvalue weighted by atomic mass is 10.2. The Bertz CT molecular complexity index is 463. The smallest absolute Gasteiger partial charge is 0.239 e. The summed E-state index contributed by atoms with van der Waals surface area (Å²) in [6.07, 6.45) is 0. The summed E-state index contributed by atoms with van der Waals surface area (Å²) >= 11 is 0. The van der Waals surface area contributed by atoms with E-state index in [1.807, 2.05) is 0 Å². The molecule has 8 heteroatoms. The molecule has 0 spiro atoms. The largest absolute Gasteiger partial charge is 0.360 e. The van der Waals surface area contributed by atoms with E-state index in [2.05, 4.69) is 5.32 Å². The summed E-state index contributed by atoms with van der Waals surface area (Å²) in [4.78, 5) is 11.6. The zero-order chi connectivity index (χ0) is 14.0. The van der Waals surface area contributed by atoms with Crippen molar-refractivity contribution in [1.82, 2.24) is 5.32 Å². The van der Waals surface area contributed by atoms with E-state index in [9.17, 15) is 26.7 Å². The second kappa shape index (κ2) is 5.19. The zero-order valence-electron chi connectivity index (χ0n) is 9.45. The van der Waals surface area contributed by atoms with Gasteiger partial charge in [0.2, 0.25) is 11.7 Å². The maximum absolute atomic E-state index is 13.3. The number of hydrogen-bond donors (Lipinski definition) is 1. The van der Waals surface area contributed by atoms with Crippen LogP contribution in [0.2, 0.25) is 0 Å². The Morgan fingerprint density at radius 3 is 1.78 bits per heavy atom. The number of carbonyl (C=O) groups is 1. The van der Waals surface area contributed by atoms with E-state index < -0.39 is 47.2 Å². The van der Waals surface area contributed by atoms with E-state index in [1.165, 1.54) is 7.05 Å². The molecular weight excluding hydrogens is 259 g/mol. The quantitative estimate of drug-likeness (QED) is 0.512. The Labute approximate surface area is 99.2 Å². The van der Waals surface area contributed by atoms with Crippen molar-refractivity contribution in [2.75, 3.05) is 25.5 Å². The van der Waals surface area contributed by atoms with Crippen molar-refractivity contribution >= 4 is 11.6 Å². The van der Waals surface area contributed by atoms with E-state index >= 15 is 0 Å². The summed E-state index contributed by atoms with van der Waals surface area (Å²) in [7, 11) is 2.31. The molecule has 0 aliphatic rings. The van der Waals surface area contributed by atoms with Crippen molar-refractivity contribution in [3.63, 3.8) is 0 Å². The van der Waals surface area contributed by atoms with Gasteiger partial charge in [-0.25, -0.2) is 22.0 Å². The molecule has 0 aromatic heterocycles. The number of nitrogens with one attached hydrogen (secondary N) is 1. The fourth-order valence-corrected chi connectivity index (χ4v) is 1.30. The van der Waals surface area contributed by atoms with Gasteiger partial charge >= 0.3 is 0 Å². The molecule has 0 atom stereocenters. The molecule has 0 bridgehead atoms. The van der Waals surface area contributed by atoms with Crippen molar-refractivity contribution in [2.45, 2.75) is 0 Å². The van der Waals surface area contributed by atoms with Crippen LogP contribution in [0.1, 0.15) is 0 Å². The van der Waals surface area contributed by atoms with Crippen LogP contribution in [0.4, 0.5) is 27.6 Å². The Morgan fingerprint density at radius 2 is 1.39 bits per heavy atom. The Kier molecular flexibility index (Phi) is 4.10. The SMILES string of the molecule is CNC(=O)CN(C)c1c(F)c(F)c(F)c(F)c1F. The van der Waals surface area contributed by atoms with Crippen LogP contribution in [-0.2, 0) is 4.79 Å². The van der Waals surface area contributed by atoms with Gasteiger partial charge in [0.15, 0.2) is 23.3 Å². The summed E-state index contributed by atoms with van der Waals surface area (Å²) < 4.78 is 65.2. The molecule has 3 nitrogen and oxygen atoms in total. The monoisotopic (exact) mass is 268 g/mol. The van der Waals surface area contributed by atoms with Gasteiger partial charge in [0.05, 0.1) is 6.54 Å². The van der Waals surface area contributed by atoms with Crippen LogP contribution < -0.4 is 10.2 Å². The highest BCUT2D eigenvalue weighted by Crippen LogP contribution is 2.29. The van der Waals surface area contributed by atoms with Crippen LogP contribution in [0, 0.1) is 29.1 Å². The minimum Gasteiger partial charge on any atom is -0.360 e. The molecule has 0 heterocycles. The normalized spacial score (nSPS) is 10.4. The number of benzene rings is 1. The first-order valence-corrected chi connectivity index (χ1v) is 4.74. The number of amides is 1. The lowest BCUT2D eigenvalue weighted by Crippen LogP contribution is -2.34. The lowest BCUT2D eigenvalue weighted by molar-refractivity contribution is -0.119. The van der Waals surface area contributed by atoms with Gasteiger partial charge in [-0.05, 0) is 0 Å². The number of halogens is 5. The molecule has 0 aliphatic heterocycles. The van der Waals surface area contributed by atoms with Crippen LogP contribution in [0.3, 0.4) is 0 Å². The van der Waals surface area contributed by atoms with Crippen LogP contribution in [0.25, 0.3) is 0 Å². The Morgan fingerprint density at radius 1 is 1.00 bits per heavy atom. The van der Waals surface area contributed by atoms with E-state index in [0.717, 1.165) is 7.05 Å². The van der Waals surface area contributed by atoms with E-state index in [0.29, 0.717) is 4.90 Å². The third kappa shape index (κ3) is 2.36. The predicted molar refractivity (Wildman–Crippen MR) is 53.6 cm³/mol. The second-order valence-corrected chi connectivity index (χ2v) is 3.45. The molecule has 1 rings (SSSR count). The van der Waals surface area contributed by atoms with Gasteiger partial charge in [-0.15, -0.1) is 0 Å². The number of rotatable bonds is 3. The van der Waals surface area contributed by atoms with Gasteiger partial charge in [-0.3, -0.25) is 4.79 Å². The maximum Gasteiger partial charge on any atom is 0.239 e. The number of hydrogen-bond acceptors (Lipinski definition) is 2. The van der Waals surface area contributed by atoms with Crippen molar-refractivity contribution in [3.05, 3.63) is 29.1 Å². The van der Waals surface area contributed by atoms with Gasteiger partial charge < -0.3 is 10.2 Å². The van der Waals surface area contributed by atoms with Crippen molar-refractivity contribution in [1.29, 1.82) is 0 Å². The summed E-state index contributed by atoms with van der Waals surface area (Å²) in [6, 6.07) is 0. The Balaban J connectivity index is 3.28. The highest BCUT2D eigenvalue weighted by atomic mass is 19.2. The molecule has 0 unspecified atom stereocenters. The fourth-order valence-electron chi connectivity index (χ4n) is 1.30. The minimum atomic E-state index is -2.23. The zero-order valence-corrected chi connectivity index (χ0v) is 9.45. The van der Waals surface area contributed by atoms with Crippen LogP contribution in [0.5, 0.6) is 0 Å². The van der Waals surface area contributed by atoms with E-state index in [4.69, 9.17) is 0 Å². The van der Waals surface area contributed by atoms with Crippen LogP contribution >= 0.6 is 0 Å². The third-order valence-corrected chi connectivity index (χ3v) is 2.23. The topological polar surface area (TPSA) is 32.3 Å². The third-order valence-electron chi connectivity index (χ3n) is 2.23. The molecule has 0 fully saturated rings. The van der Waals surface area contributed by atoms with Crippen LogP contribution in [-0.4, -0.2) is 26.5 Å². The first-order valence-electron chi connectivity index (χ1n) is 4.74. The van der Waals surface area contributed by atoms with Gasteiger partial charge in [-0.2, -0.15) is 0 Å². The summed E-state index contributed by atoms with van der Waals surface area (Å²) in [5, 5.41) is 2.16. The molecule has 0 radical (unpaired) electrons. The van der Waals surface area contributed by atoms with Crippen molar-refractivity contribution in [2.24, 2.45) is 0 Å². The molecule has 1 amide bonds. The average molecular weight is 268 g/mol. The summed E-state index contributed by atoms with van der Waals surface area (Å²) in [5.41, 5.74) is -1.14. The average Bonchev–Trinajstić information content (AvgIpc) is 2.34. The van der Waals surface area contributed by atoms with Gasteiger partial charge in [-0.1, -0.05) is 0 Å². The van der Waals surface area contributed by atoms with Gasteiger partial charge in [0, 0.05) is 14.1 Å². The molecular formula is C10H9F5N2O. The first kappa shape index (κ1) is 14.2. The minimum absolute atomic E-state index is 0.547. The first-order chi connectivity index (χ1) is 8.31. The molecule has 100 valence electrons. The highest BCUT2D eigenvalue weighted by Gasteiger charge is 2.28. The van der Waals surface area contributed by atoms with Crippen molar-refractivity contribution < 1.29 is 26.7 Å². The fraction of sp³-hybridized carbons (Fsp3) is 0.300. The molecule has 0 aliphatic carbocycles. The lowest BCUT2D eigenvalue weighted by Gasteiger charge is -2.20. The predicted octanol–water partition coefficient (Wildman–Crippen LogP) is 1.56. The van der Waals surface area contributed by atoms with Gasteiger partial charge in [0.25, 0.3) is 0 Å². The maximum atomic E-state index is 13.3. The highest BCUT2D eigenvalue weighted by molar-refractivity contribution is 5.81. The second-order valence-electron chi connectivity index (χ2n) is 3.45. The number of carbonyl (C=O) groups excluding carboxylic acids is 1. The van der Waals surface area contributed by atoms with E-state index in [-0.39, 0.29) is 0 Å². The molecule has 1 N–H and O–H groups in total. The standard InChI is InChI=1S/C10H9F5N2O/c1-16-4(18)3-17(2)10-8(14)6(12)5(11)7(13)9(10)15/h3H2,1-2H3,(H,16,18). The van der Waals surface area contributed by atoms with Crippen molar-refractivity contribution in [3.8, 4) is 0 Å². The number of likely N-dealkylation sites (N-methyl/N-ethyl adjacent to an activating group) is 2. The van der Waals surface area contributed by atoms with Crippen LogP contribution in [0.15, 0.2) is 0 Å². The molecule has 0 saturated carbocycles. The number of nitrogens with zero attached hydrogens (tertiary/aromatic N) is 1. The van der Waals surface area contributed by atoms with Gasteiger partial charge in [0.1, 0.15) is 5.69 Å². The molecule has 1 aromatic rings.